The molecule has 6 rings (SSSR count). The van der Waals surface area contributed by atoms with Crippen LogP contribution < -0.4 is 5.32 Å². The Kier molecular flexibility index (Phi) is 6.43. The zero-order chi connectivity index (χ0) is 25.4. The molecule has 1 saturated heterocycles. The van der Waals surface area contributed by atoms with Crippen LogP contribution in [-0.2, 0) is 17.6 Å². The van der Waals surface area contributed by atoms with Crippen molar-refractivity contribution in [2.24, 2.45) is 5.92 Å². The molecule has 2 heterocycles. The van der Waals surface area contributed by atoms with Gasteiger partial charge in [-0.3, -0.25) is 5.32 Å². The average Bonchev–Trinajstić information content (AvgIpc) is 3.49. The van der Waals surface area contributed by atoms with E-state index in [1.54, 1.807) is 0 Å². The topological polar surface area (TPSA) is 59.4 Å². The zero-order valence-corrected chi connectivity index (χ0v) is 21.6. The summed E-state index contributed by atoms with van der Waals surface area (Å²) < 4.78 is 7.23. The molecule has 37 heavy (non-hydrogen) atoms. The van der Waals surface area contributed by atoms with Crippen molar-refractivity contribution in [1.82, 2.24) is 14.5 Å². The summed E-state index contributed by atoms with van der Waals surface area (Å²) in [6, 6.07) is 23.9. The summed E-state index contributed by atoms with van der Waals surface area (Å²) in [4.78, 5) is 19.3. The van der Waals surface area contributed by atoms with Gasteiger partial charge in [-0.2, -0.15) is 0 Å². The molecule has 1 unspecified atom stereocenters. The van der Waals surface area contributed by atoms with Gasteiger partial charge in [0.15, 0.2) is 0 Å². The van der Waals surface area contributed by atoms with E-state index >= 15 is 0 Å². The molecule has 0 bridgehead atoms. The Balaban J connectivity index is 1.14. The Morgan fingerprint density at radius 1 is 1.00 bits per heavy atom. The molecule has 1 amide bonds. The molecule has 4 aromatic rings. The van der Waals surface area contributed by atoms with Crippen LogP contribution in [0.25, 0.3) is 22.4 Å². The number of piperidine rings is 1. The van der Waals surface area contributed by atoms with Crippen molar-refractivity contribution < 1.29 is 9.53 Å². The number of aryl methyl sites for hydroxylation is 1. The highest BCUT2D eigenvalue weighted by Gasteiger charge is 2.29. The quantitative estimate of drug-likeness (QED) is 0.357. The minimum atomic E-state index is -0.423. The van der Waals surface area contributed by atoms with Crippen LogP contribution >= 0.6 is 0 Å². The number of amides is 1. The van der Waals surface area contributed by atoms with E-state index < -0.39 is 6.09 Å². The Bertz CT molecular complexity index is 1420. The summed E-state index contributed by atoms with van der Waals surface area (Å²) in [6.07, 6.45) is 4.01. The van der Waals surface area contributed by atoms with Crippen LogP contribution in [0.15, 0.2) is 66.7 Å². The lowest BCUT2D eigenvalue weighted by atomic mass is 10.00. The maximum Gasteiger partial charge on any atom is 0.411 e. The van der Waals surface area contributed by atoms with E-state index in [0.29, 0.717) is 12.0 Å². The van der Waals surface area contributed by atoms with Gasteiger partial charge in [0, 0.05) is 36.9 Å². The molecular weight excluding hydrogens is 460 g/mol. The van der Waals surface area contributed by atoms with Gasteiger partial charge in [-0.1, -0.05) is 42.5 Å². The van der Waals surface area contributed by atoms with Gasteiger partial charge in [-0.05, 0) is 79.5 Å². The molecule has 0 saturated carbocycles. The number of rotatable bonds is 5. The lowest BCUT2D eigenvalue weighted by Gasteiger charge is -2.35. The predicted octanol–water partition coefficient (Wildman–Crippen LogP) is 6.24. The third kappa shape index (κ3) is 4.86. The normalized spacial score (nSPS) is 18.2. The number of likely N-dealkylation sites (tertiary alicyclic amines) is 1. The first-order valence-electron chi connectivity index (χ1n) is 13.3. The number of carbonyl (C=O) groups is 1. The monoisotopic (exact) mass is 494 g/mol. The fraction of sp³-hybridized carbons (Fsp3) is 0.355. The minimum Gasteiger partial charge on any atom is -0.453 e. The third-order valence-corrected chi connectivity index (χ3v) is 7.97. The number of nitrogens with one attached hydrogen (secondary N) is 1. The number of nitrogens with zero attached hydrogens (tertiary/aromatic N) is 3. The summed E-state index contributed by atoms with van der Waals surface area (Å²) in [5.74, 6) is 1.71. The fourth-order valence-corrected chi connectivity index (χ4v) is 6.18. The average molecular weight is 495 g/mol. The number of anilines is 1. The van der Waals surface area contributed by atoms with Crippen molar-refractivity contribution in [3.05, 3.63) is 83.4 Å². The first-order chi connectivity index (χ1) is 18.1. The van der Waals surface area contributed by atoms with E-state index in [0.717, 1.165) is 62.3 Å². The van der Waals surface area contributed by atoms with Gasteiger partial charge in [-0.15, -0.1) is 0 Å². The second kappa shape index (κ2) is 10.0. The van der Waals surface area contributed by atoms with Crippen molar-refractivity contribution in [3.8, 4) is 11.4 Å². The Labute approximate surface area is 218 Å². The van der Waals surface area contributed by atoms with E-state index in [2.05, 4.69) is 82.4 Å². The number of fused-ring (bicyclic) bond motifs is 2. The largest absolute Gasteiger partial charge is 0.453 e. The maximum atomic E-state index is 11.6. The molecule has 1 atom stereocenters. The third-order valence-electron chi connectivity index (χ3n) is 7.97. The first-order valence-corrected chi connectivity index (χ1v) is 13.3. The van der Waals surface area contributed by atoms with Crippen LogP contribution in [0.1, 0.15) is 35.6 Å². The number of methoxy groups -OCH3 is 1. The van der Waals surface area contributed by atoms with E-state index in [1.807, 2.05) is 6.07 Å². The second-order valence-corrected chi connectivity index (χ2v) is 10.6. The fourth-order valence-electron chi connectivity index (χ4n) is 6.18. The molecule has 3 aromatic carbocycles. The van der Waals surface area contributed by atoms with Crippen molar-refractivity contribution in [2.75, 3.05) is 32.1 Å². The summed E-state index contributed by atoms with van der Waals surface area (Å²) in [5, 5.41) is 2.79. The Morgan fingerprint density at radius 3 is 2.57 bits per heavy atom. The molecule has 0 radical (unpaired) electrons. The van der Waals surface area contributed by atoms with Crippen molar-refractivity contribution in [3.63, 3.8) is 0 Å². The van der Waals surface area contributed by atoms with Crippen LogP contribution in [0, 0.1) is 12.8 Å². The molecule has 6 heteroatoms. The molecule has 0 spiro atoms. The predicted molar refractivity (Wildman–Crippen MR) is 148 cm³/mol. The van der Waals surface area contributed by atoms with Gasteiger partial charge in [0.1, 0.15) is 5.82 Å². The highest BCUT2D eigenvalue weighted by Crippen LogP contribution is 2.35. The number of ether oxygens (including phenoxy) is 1. The zero-order valence-electron chi connectivity index (χ0n) is 21.6. The van der Waals surface area contributed by atoms with Crippen LogP contribution in [0.5, 0.6) is 0 Å². The number of benzene rings is 3. The number of aromatic nitrogens is 2. The molecule has 1 aromatic heterocycles. The van der Waals surface area contributed by atoms with Gasteiger partial charge < -0.3 is 14.2 Å². The van der Waals surface area contributed by atoms with Gasteiger partial charge in [-0.25, -0.2) is 9.78 Å². The van der Waals surface area contributed by atoms with E-state index in [9.17, 15) is 4.79 Å². The van der Waals surface area contributed by atoms with E-state index in [-0.39, 0.29) is 0 Å². The van der Waals surface area contributed by atoms with Crippen LogP contribution in [0.4, 0.5) is 10.5 Å². The second-order valence-electron chi connectivity index (χ2n) is 10.6. The van der Waals surface area contributed by atoms with Crippen molar-refractivity contribution in [1.29, 1.82) is 0 Å². The van der Waals surface area contributed by atoms with E-state index in [4.69, 9.17) is 9.72 Å². The van der Waals surface area contributed by atoms with Crippen LogP contribution in [-0.4, -0.2) is 47.3 Å². The highest BCUT2D eigenvalue weighted by molar-refractivity contribution is 5.84. The molecule has 1 fully saturated rings. The van der Waals surface area contributed by atoms with Gasteiger partial charge in [0.25, 0.3) is 0 Å². The summed E-state index contributed by atoms with van der Waals surface area (Å²) in [7, 11) is 1.39. The molecule has 190 valence electrons. The Hall–Kier alpha value is -3.64. The lowest BCUT2D eigenvalue weighted by molar-refractivity contribution is 0.166. The van der Waals surface area contributed by atoms with Crippen molar-refractivity contribution in [2.45, 2.75) is 38.6 Å². The van der Waals surface area contributed by atoms with Crippen LogP contribution in [0.3, 0.4) is 0 Å². The lowest BCUT2D eigenvalue weighted by Crippen LogP contribution is -2.38. The molecule has 2 aliphatic rings. The summed E-state index contributed by atoms with van der Waals surface area (Å²) >= 11 is 0. The molecular formula is C31H34N4O2. The number of hydrogen-bond acceptors (Lipinski definition) is 4. The standard InChI is InChI=1S/C31H34N4O2/c1-21-8-11-29-28(16-21)33-30(23-6-4-3-5-7-23)35(29)27-12-14-34(15-13-27)20-22-17-24-9-10-26(19-25(24)18-22)32-31(36)37-2/h3-11,16,19,22,27H,12-15,17-18,20H2,1-2H3,(H,32,36). The molecule has 1 aliphatic heterocycles. The molecule has 1 N–H and O–H groups in total. The minimum absolute atomic E-state index is 0.423. The van der Waals surface area contributed by atoms with Crippen molar-refractivity contribution >= 4 is 22.8 Å². The molecule has 6 nitrogen and oxygen atoms in total. The SMILES string of the molecule is COC(=O)Nc1ccc2c(c1)CC(CN1CCC(n3c(-c4ccccc4)nc4cc(C)ccc43)CC1)C2. The number of imidazole rings is 1. The number of hydrogen-bond donors (Lipinski definition) is 1. The Morgan fingerprint density at radius 2 is 1.78 bits per heavy atom. The number of carbonyl (C=O) groups excluding carboxylic acids is 1. The highest BCUT2D eigenvalue weighted by atomic mass is 16.5. The van der Waals surface area contributed by atoms with Gasteiger partial charge in [0.2, 0.25) is 0 Å². The summed E-state index contributed by atoms with van der Waals surface area (Å²) in [5.41, 5.74) is 8.32. The van der Waals surface area contributed by atoms with Gasteiger partial charge in [0.05, 0.1) is 18.1 Å². The molecule has 1 aliphatic carbocycles. The van der Waals surface area contributed by atoms with Crippen LogP contribution in [0.2, 0.25) is 0 Å². The maximum absolute atomic E-state index is 11.6. The summed E-state index contributed by atoms with van der Waals surface area (Å²) in [6.45, 7) is 5.46. The first kappa shape index (κ1) is 23.7. The van der Waals surface area contributed by atoms with Gasteiger partial charge >= 0.3 is 6.09 Å². The van der Waals surface area contributed by atoms with E-state index in [1.165, 1.54) is 34.9 Å². The smallest absolute Gasteiger partial charge is 0.411 e.